The van der Waals surface area contributed by atoms with E-state index >= 15 is 0 Å². The number of carbonyl (C=O) groups is 1. The lowest BCUT2D eigenvalue weighted by Crippen LogP contribution is -2.52. The number of likely N-dealkylation sites (tertiary alicyclic amines) is 1. The number of hydrogen-bond acceptors (Lipinski definition) is 3. The van der Waals surface area contributed by atoms with Crippen LogP contribution in [0.3, 0.4) is 0 Å². The van der Waals surface area contributed by atoms with E-state index in [-0.39, 0.29) is 11.9 Å². The van der Waals surface area contributed by atoms with Crippen LogP contribution in [0.15, 0.2) is 0 Å². The van der Waals surface area contributed by atoms with Crippen LogP contribution < -0.4 is 11.1 Å². The van der Waals surface area contributed by atoms with Crippen LogP contribution in [-0.2, 0) is 4.79 Å². The van der Waals surface area contributed by atoms with Gasteiger partial charge in [0.05, 0.1) is 5.54 Å². The molecular formula is C12H23N3O. The number of nitrogens with two attached hydrogens (primary N) is 1. The Hall–Kier alpha value is -0.610. The Kier molecular flexibility index (Phi) is 2.97. The van der Waals surface area contributed by atoms with Gasteiger partial charge in [0, 0.05) is 24.7 Å². The summed E-state index contributed by atoms with van der Waals surface area (Å²) in [6.07, 6.45) is 3.71. The fourth-order valence-electron chi connectivity index (χ4n) is 2.45. The van der Waals surface area contributed by atoms with Gasteiger partial charge in [0.2, 0.25) is 5.91 Å². The molecule has 3 N–H and O–H groups in total. The van der Waals surface area contributed by atoms with Crippen LogP contribution in [0, 0.1) is 0 Å². The first-order valence-electron chi connectivity index (χ1n) is 6.23. The maximum Gasteiger partial charge on any atom is 0.239 e. The minimum Gasteiger partial charge on any atom is -0.350 e. The van der Waals surface area contributed by atoms with E-state index in [1.165, 1.54) is 12.8 Å². The van der Waals surface area contributed by atoms with Crippen molar-refractivity contribution in [3.05, 3.63) is 0 Å². The number of rotatable bonds is 3. The highest BCUT2D eigenvalue weighted by atomic mass is 16.2. The minimum absolute atomic E-state index is 0.0395. The summed E-state index contributed by atoms with van der Waals surface area (Å²) in [7, 11) is 0. The minimum atomic E-state index is -0.768. The van der Waals surface area contributed by atoms with Gasteiger partial charge >= 0.3 is 0 Å². The summed E-state index contributed by atoms with van der Waals surface area (Å²) >= 11 is 0. The van der Waals surface area contributed by atoms with Crippen molar-refractivity contribution in [3.63, 3.8) is 0 Å². The third kappa shape index (κ3) is 2.55. The molecule has 2 unspecified atom stereocenters. The predicted octanol–water partition coefficient (Wildman–Crippen LogP) is 0.465. The molecule has 4 heteroatoms. The molecule has 2 fully saturated rings. The number of hydrogen-bond donors (Lipinski definition) is 2. The average Bonchev–Trinajstić information content (AvgIpc) is 2.90. The van der Waals surface area contributed by atoms with Gasteiger partial charge in [-0.1, -0.05) is 0 Å². The lowest BCUT2D eigenvalue weighted by molar-refractivity contribution is -0.125. The lowest BCUT2D eigenvalue weighted by Gasteiger charge is -2.22. The van der Waals surface area contributed by atoms with E-state index in [9.17, 15) is 4.79 Å². The highest BCUT2D eigenvalue weighted by Crippen LogP contribution is 2.33. The summed E-state index contributed by atoms with van der Waals surface area (Å²) in [6.45, 7) is 6.74. The van der Waals surface area contributed by atoms with Gasteiger partial charge in [-0.15, -0.1) is 0 Å². The molecule has 2 atom stereocenters. The van der Waals surface area contributed by atoms with Crippen molar-refractivity contribution in [3.8, 4) is 0 Å². The zero-order valence-electron chi connectivity index (χ0n) is 10.5. The van der Waals surface area contributed by atoms with Crippen LogP contribution in [0.25, 0.3) is 0 Å². The number of carbonyl (C=O) groups excluding carboxylic acids is 1. The summed E-state index contributed by atoms with van der Waals surface area (Å²) in [4.78, 5) is 14.3. The van der Waals surface area contributed by atoms with Crippen LogP contribution in [-0.4, -0.2) is 41.0 Å². The van der Waals surface area contributed by atoms with Crippen LogP contribution in [0.4, 0.5) is 0 Å². The SMILES string of the molecule is CC1CC(NC(=O)C(C)(C)N)CN1C1CC1. The second-order valence-electron chi connectivity index (χ2n) is 5.90. The van der Waals surface area contributed by atoms with Crippen molar-refractivity contribution < 1.29 is 4.79 Å². The van der Waals surface area contributed by atoms with Crippen molar-refractivity contribution in [2.24, 2.45) is 5.73 Å². The molecule has 2 aliphatic rings. The Morgan fingerprint density at radius 3 is 2.56 bits per heavy atom. The second-order valence-corrected chi connectivity index (χ2v) is 5.90. The molecule has 0 spiro atoms. The zero-order valence-corrected chi connectivity index (χ0v) is 10.5. The van der Waals surface area contributed by atoms with E-state index in [0.717, 1.165) is 19.0 Å². The summed E-state index contributed by atoms with van der Waals surface area (Å²) in [6, 6.07) is 1.66. The van der Waals surface area contributed by atoms with Gasteiger partial charge in [-0.2, -0.15) is 0 Å². The van der Waals surface area contributed by atoms with Crippen LogP contribution in [0.2, 0.25) is 0 Å². The third-order valence-electron chi connectivity index (χ3n) is 3.56. The van der Waals surface area contributed by atoms with Gasteiger partial charge in [-0.25, -0.2) is 0 Å². The molecule has 1 heterocycles. The smallest absolute Gasteiger partial charge is 0.239 e. The average molecular weight is 225 g/mol. The molecular weight excluding hydrogens is 202 g/mol. The van der Waals surface area contributed by atoms with E-state index in [1.54, 1.807) is 13.8 Å². The Bertz CT molecular complexity index is 280. The number of nitrogens with one attached hydrogen (secondary N) is 1. The third-order valence-corrected chi connectivity index (χ3v) is 3.56. The molecule has 0 aromatic rings. The molecule has 1 saturated heterocycles. The highest BCUT2D eigenvalue weighted by Gasteiger charge is 2.39. The summed E-state index contributed by atoms with van der Waals surface area (Å²) in [5.41, 5.74) is 5.01. The summed E-state index contributed by atoms with van der Waals surface area (Å²) < 4.78 is 0. The number of amides is 1. The van der Waals surface area contributed by atoms with Gasteiger partial charge < -0.3 is 11.1 Å². The summed E-state index contributed by atoms with van der Waals surface area (Å²) in [5, 5.41) is 3.06. The molecule has 1 saturated carbocycles. The molecule has 92 valence electrons. The van der Waals surface area contributed by atoms with E-state index in [4.69, 9.17) is 5.73 Å². The molecule has 1 aliphatic heterocycles. The van der Waals surface area contributed by atoms with Crippen molar-refractivity contribution >= 4 is 5.91 Å². The molecule has 2 rings (SSSR count). The maximum atomic E-state index is 11.8. The largest absolute Gasteiger partial charge is 0.350 e. The van der Waals surface area contributed by atoms with E-state index in [0.29, 0.717) is 6.04 Å². The monoisotopic (exact) mass is 225 g/mol. The fourth-order valence-corrected chi connectivity index (χ4v) is 2.45. The normalized spacial score (nSPS) is 31.8. The lowest BCUT2D eigenvalue weighted by atomic mass is 10.1. The molecule has 4 nitrogen and oxygen atoms in total. The standard InChI is InChI=1S/C12H23N3O/c1-8-6-9(7-15(8)10-4-5-10)14-11(16)12(2,3)13/h8-10H,4-7,13H2,1-3H3,(H,14,16). The Morgan fingerprint density at radius 1 is 1.44 bits per heavy atom. The van der Waals surface area contributed by atoms with E-state index < -0.39 is 5.54 Å². The topological polar surface area (TPSA) is 58.4 Å². The van der Waals surface area contributed by atoms with Crippen LogP contribution >= 0.6 is 0 Å². The van der Waals surface area contributed by atoms with Crippen molar-refractivity contribution in [2.45, 2.75) is 63.7 Å². The van der Waals surface area contributed by atoms with Gasteiger partial charge in [-0.05, 0) is 40.0 Å². The van der Waals surface area contributed by atoms with Crippen molar-refractivity contribution in [1.29, 1.82) is 0 Å². The molecule has 1 aliphatic carbocycles. The predicted molar refractivity (Wildman–Crippen MR) is 64.0 cm³/mol. The quantitative estimate of drug-likeness (QED) is 0.734. The molecule has 16 heavy (non-hydrogen) atoms. The molecule has 0 bridgehead atoms. The Labute approximate surface area is 97.6 Å². The molecule has 0 aromatic carbocycles. The Morgan fingerprint density at radius 2 is 2.06 bits per heavy atom. The van der Waals surface area contributed by atoms with E-state index in [1.807, 2.05) is 0 Å². The van der Waals surface area contributed by atoms with Crippen LogP contribution in [0.1, 0.15) is 40.0 Å². The maximum absolute atomic E-state index is 11.8. The van der Waals surface area contributed by atoms with Gasteiger partial charge in [0.1, 0.15) is 0 Å². The summed E-state index contributed by atoms with van der Waals surface area (Å²) in [5.74, 6) is -0.0395. The molecule has 1 amide bonds. The second kappa shape index (κ2) is 4.00. The fraction of sp³-hybridized carbons (Fsp3) is 0.917. The molecule has 0 aromatic heterocycles. The van der Waals surface area contributed by atoms with Gasteiger partial charge in [0.25, 0.3) is 0 Å². The Balaban J connectivity index is 1.86. The first-order chi connectivity index (χ1) is 7.38. The van der Waals surface area contributed by atoms with Crippen molar-refractivity contribution in [1.82, 2.24) is 10.2 Å². The van der Waals surface area contributed by atoms with Gasteiger partial charge in [-0.3, -0.25) is 9.69 Å². The van der Waals surface area contributed by atoms with Gasteiger partial charge in [0.15, 0.2) is 0 Å². The highest BCUT2D eigenvalue weighted by molar-refractivity contribution is 5.85. The van der Waals surface area contributed by atoms with Crippen molar-refractivity contribution in [2.75, 3.05) is 6.54 Å². The first kappa shape index (κ1) is 11.9. The van der Waals surface area contributed by atoms with E-state index in [2.05, 4.69) is 17.1 Å². The first-order valence-corrected chi connectivity index (χ1v) is 6.23. The van der Waals surface area contributed by atoms with Crippen LogP contribution in [0.5, 0.6) is 0 Å². The number of nitrogens with zero attached hydrogens (tertiary/aromatic N) is 1. The molecule has 0 radical (unpaired) electrons. The zero-order chi connectivity index (χ0) is 11.9.